The normalized spacial score (nSPS) is 14.2. The molecule has 0 fully saturated rings. The fourth-order valence-corrected chi connectivity index (χ4v) is 3.40. The molecule has 0 saturated carbocycles. The number of aliphatic carboxylic acids is 1. The van der Waals surface area contributed by atoms with Crippen molar-refractivity contribution in [1.82, 2.24) is 0 Å². The van der Waals surface area contributed by atoms with Crippen LogP contribution in [0.4, 0.5) is 0 Å². The van der Waals surface area contributed by atoms with Crippen molar-refractivity contribution >= 4 is 27.6 Å². The Morgan fingerprint density at radius 3 is 2.46 bits per heavy atom. The first-order valence-corrected chi connectivity index (χ1v) is 6.74. The van der Waals surface area contributed by atoms with Gasteiger partial charge >= 0.3 is 5.97 Å². The van der Waals surface area contributed by atoms with Gasteiger partial charge in [-0.15, -0.1) is 0 Å². The van der Waals surface area contributed by atoms with Gasteiger partial charge in [0.05, 0.1) is 5.92 Å². The van der Waals surface area contributed by atoms with Gasteiger partial charge in [-0.3, -0.25) is 4.79 Å². The molecule has 0 saturated heterocycles. The Morgan fingerprint density at radius 2 is 2.08 bits per heavy atom. The van der Waals surface area contributed by atoms with Crippen LogP contribution < -0.4 is 0 Å². The number of carboxylic acids is 1. The first-order chi connectivity index (χ1) is 5.89. The van der Waals surface area contributed by atoms with Crippen LogP contribution in [-0.4, -0.2) is 21.6 Å². The van der Waals surface area contributed by atoms with Crippen molar-refractivity contribution in [1.29, 1.82) is 0 Å². The smallest absolute Gasteiger partial charge is 0.307 e. The fraction of sp³-hybridized carbons (Fsp3) is 0.889. The van der Waals surface area contributed by atoms with Gasteiger partial charge in [-0.2, -0.15) is 0 Å². The summed E-state index contributed by atoms with van der Waals surface area (Å²) in [6.07, 6.45) is 1.10. The Kier molecular flexibility index (Phi) is 5.88. The Morgan fingerprint density at radius 1 is 1.54 bits per heavy atom. The second-order valence-corrected chi connectivity index (χ2v) is 6.77. The van der Waals surface area contributed by atoms with Gasteiger partial charge in [0.15, 0.2) is 0 Å². The van der Waals surface area contributed by atoms with Gasteiger partial charge in [0.1, 0.15) is 0 Å². The van der Waals surface area contributed by atoms with E-state index in [0.29, 0.717) is 5.75 Å². The monoisotopic (exact) mass is 222 g/mol. The lowest BCUT2D eigenvalue weighted by atomic mass is 10.1. The quantitative estimate of drug-likeness (QED) is 0.700. The van der Waals surface area contributed by atoms with Crippen LogP contribution in [0.2, 0.25) is 0 Å². The second kappa shape index (κ2) is 5.81. The van der Waals surface area contributed by atoms with Crippen LogP contribution >= 0.6 is 21.6 Å². The summed E-state index contributed by atoms with van der Waals surface area (Å²) in [4.78, 5) is 10.5. The average Bonchev–Trinajstić information content (AvgIpc) is 2.04. The van der Waals surface area contributed by atoms with Crippen LogP contribution in [0, 0.1) is 5.92 Å². The van der Waals surface area contributed by atoms with E-state index in [2.05, 4.69) is 20.8 Å². The van der Waals surface area contributed by atoms with Crippen LogP contribution in [0.1, 0.15) is 34.1 Å². The zero-order chi connectivity index (χ0) is 10.5. The van der Waals surface area contributed by atoms with Gasteiger partial charge in [-0.05, 0) is 20.3 Å². The molecule has 0 aliphatic carbocycles. The zero-order valence-electron chi connectivity index (χ0n) is 8.66. The highest BCUT2D eigenvalue weighted by Crippen LogP contribution is 2.38. The molecule has 0 amide bonds. The van der Waals surface area contributed by atoms with E-state index in [1.165, 1.54) is 0 Å². The molecule has 0 bridgehead atoms. The maximum Gasteiger partial charge on any atom is 0.307 e. The molecule has 0 spiro atoms. The molecule has 13 heavy (non-hydrogen) atoms. The summed E-state index contributed by atoms with van der Waals surface area (Å²) in [7, 11) is 3.43. The summed E-state index contributed by atoms with van der Waals surface area (Å²) < 4.78 is 0.253. The molecule has 1 atom stereocenters. The van der Waals surface area contributed by atoms with Gasteiger partial charge in [-0.1, -0.05) is 35.4 Å². The summed E-state index contributed by atoms with van der Waals surface area (Å²) in [6, 6.07) is 0. The highest BCUT2D eigenvalue weighted by atomic mass is 33.1. The Bertz CT molecular complexity index is 169. The fourth-order valence-electron chi connectivity index (χ4n) is 0.426. The third kappa shape index (κ3) is 6.27. The summed E-state index contributed by atoms with van der Waals surface area (Å²) in [5.41, 5.74) is 0. The molecular weight excluding hydrogens is 204 g/mol. The minimum atomic E-state index is -0.706. The Balaban J connectivity index is 3.62. The lowest BCUT2D eigenvalue weighted by molar-refractivity contribution is -0.140. The second-order valence-electron chi connectivity index (χ2n) is 3.72. The predicted octanol–water partition coefficient (Wildman–Crippen LogP) is 3.28. The number of rotatable bonds is 6. The summed E-state index contributed by atoms with van der Waals surface area (Å²) >= 11 is 0. The Hall–Kier alpha value is 0.170. The van der Waals surface area contributed by atoms with Gasteiger partial charge < -0.3 is 5.11 Å². The molecule has 0 aliphatic heterocycles. The van der Waals surface area contributed by atoms with Crippen molar-refractivity contribution in [2.24, 2.45) is 5.92 Å². The topological polar surface area (TPSA) is 37.3 Å². The zero-order valence-corrected chi connectivity index (χ0v) is 10.3. The van der Waals surface area contributed by atoms with Gasteiger partial charge in [0.2, 0.25) is 0 Å². The SMILES string of the molecule is CCC(C)(C)SSCC(C)C(=O)O. The largest absolute Gasteiger partial charge is 0.481 e. The van der Waals surface area contributed by atoms with Crippen molar-refractivity contribution in [3.8, 4) is 0 Å². The van der Waals surface area contributed by atoms with Crippen molar-refractivity contribution in [2.75, 3.05) is 5.75 Å². The van der Waals surface area contributed by atoms with E-state index in [9.17, 15) is 4.79 Å². The van der Waals surface area contributed by atoms with E-state index in [-0.39, 0.29) is 10.7 Å². The maximum atomic E-state index is 10.5. The van der Waals surface area contributed by atoms with Crippen LogP contribution in [0.3, 0.4) is 0 Å². The predicted molar refractivity (Wildman–Crippen MR) is 61.2 cm³/mol. The van der Waals surface area contributed by atoms with Crippen molar-refractivity contribution in [3.05, 3.63) is 0 Å². The molecule has 4 heteroatoms. The van der Waals surface area contributed by atoms with Crippen LogP contribution in [-0.2, 0) is 4.79 Å². The number of carbonyl (C=O) groups is 1. The van der Waals surface area contributed by atoms with E-state index in [0.717, 1.165) is 6.42 Å². The van der Waals surface area contributed by atoms with Crippen molar-refractivity contribution in [3.63, 3.8) is 0 Å². The van der Waals surface area contributed by atoms with Gasteiger partial charge in [0, 0.05) is 10.5 Å². The molecule has 0 aromatic rings. The van der Waals surface area contributed by atoms with Gasteiger partial charge in [0.25, 0.3) is 0 Å². The summed E-state index contributed by atoms with van der Waals surface area (Å²) in [6.45, 7) is 8.25. The lowest BCUT2D eigenvalue weighted by Gasteiger charge is -2.21. The molecule has 1 unspecified atom stereocenters. The first kappa shape index (κ1) is 13.2. The summed E-state index contributed by atoms with van der Waals surface area (Å²) in [5.74, 6) is -0.267. The van der Waals surface area contributed by atoms with E-state index in [1.54, 1.807) is 28.5 Å². The molecule has 0 radical (unpaired) electrons. The third-order valence-electron chi connectivity index (χ3n) is 1.88. The van der Waals surface area contributed by atoms with E-state index in [4.69, 9.17) is 5.11 Å². The number of hydrogen-bond acceptors (Lipinski definition) is 3. The third-order valence-corrected chi connectivity index (χ3v) is 5.48. The number of carboxylic acid groups (broad SMARTS) is 1. The van der Waals surface area contributed by atoms with Crippen LogP contribution in [0.5, 0.6) is 0 Å². The molecule has 2 nitrogen and oxygen atoms in total. The molecule has 0 aliphatic rings. The van der Waals surface area contributed by atoms with Crippen LogP contribution in [0.15, 0.2) is 0 Å². The molecular formula is C9H18O2S2. The lowest BCUT2D eigenvalue weighted by Crippen LogP contribution is -2.14. The first-order valence-electron chi connectivity index (χ1n) is 4.42. The minimum Gasteiger partial charge on any atom is -0.481 e. The van der Waals surface area contributed by atoms with Crippen molar-refractivity contribution in [2.45, 2.75) is 38.9 Å². The van der Waals surface area contributed by atoms with E-state index >= 15 is 0 Å². The number of hydrogen-bond donors (Lipinski definition) is 1. The highest BCUT2D eigenvalue weighted by molar-refractivity contribution is 8.77. The average molecular weight is 222 g/mol. The standard InChI is InChI=1S/C9H18O2S2/c1-5-9(3,4)13-12-6-7(2)8(10)11/h7H,5-6H2,1-4H3,(H,10,11). The van der Waals surface area contributed by atoms with Gasteiger partial charge in [-0.25, -0.2) is 0 Å². The van der Waals surface area contributed by atoms with E-state index in [1.807, 2.05) is 0 Å². The Labute approximate surface area is 88.3 Å². The minimum absolute atomic E-state index is 0.245. The maximum absolute atomic E-state index is 10.5. The van der Waals surface area contributed by atoms with Crippen molar-refractivity contribution < 1.29 is 9.90 Å². The molecule has 0 heterocycles. The molecule has 1 N–H and O–H groups in total. The molecule has 0 aromatic carbocycles. The highest BCUT2D eigenvalue weighted by Gasteiger charge is 2.18. The molecule has 78 valence electrons. The molecule has 0 aromatic heterocycles. The van der Waals surface area contributed by atoms with Crippen LogP contribution in [0.25, 0.3) is 0 Å². The van der Waals surface area contributed by atoms with E-state index < -0.39 is 5.97 Å². The summed E-state index contributed by atoms with van der Waals surface area (Å²) in [5, 5.41) is 8.65. The molecule has 0 rings (SSSR count).